The van der Waals surface area contributed by atoms with Gasteiger partial charge < -0.3 is 15.4 Å². The van der Waals surface area contributed by atoms with Crippen molar-refractivity contribution in [1.29, 1.82) is 0 Å². The van der Waals surface area contributed by atoms with Crippen molar-refractivity contribution in [2.24, 2.45) is 0 Å². The van der Waals surface area contributed by atoms with Crippen molar-refractivity contribution in [1.82, 2.24) is 0 Å². The molecule has 3 rings (SSSR count). The van der Waals surface area contributed by atoms with Crippen molar-refractivity contribution < 1.29 is 18.7 Å². The van der Waals surface area contributed by atoms with Gasteiger partial charge in [-0.15, -0.1) is 11.3 Å². The molecule has 0 atom stereocenters. The summed E-state index contributed by atoms with van der Waals surface area (Å²) in [5.74, 6) is -1.18. The second kappa shape index (κ2) is 9.54. The summed E-state index contributed by atoms with van der Waals surface area (Å²) in [7, 11) is 0. The number of ether oxygens (including phenoxy) is 1. The maximum absolute atomic E-state index is 13.3. The molecule has 0 spiro atoms. The Kier molecular flexibility index (Phi) is 6.84. The van der Waals surface area contributed by atoms with Crippen LogP contribution in [0, 0.1) is 19.7 Å². The first kappa shape index (κ1) is 21.5. The van der Waals surface area contributed by atoms with Crippen LogP contribution in [0.5, 0.6) is 0 Å². The van der Waals surface area contributed by atoms with Gasteiger partial charge in [0.15, 0.2) is 0 Å². The Balaban J connectivity index is 1.79. The van der Waals surface area contributed by atoms with Crippen LogP contribution in [0.3, 0.4) is 0 Å². The standard InChI is InChI=1S/C23H23FN2O3S/c1-4-29-23(28)21-19(16-5-7-17(24)8-6-16)13-30-22(21)26-20(27)12-25-18-10-14(2)9-15(3)11-18/h5-11,13,25H,4,12H2,1-3H3,(H,26,27). The lowest BCUT2D eigenvalue weighted by atomic mass is 10.0. The van der Waals surface area contributed by atoms with Gasteiger partial charge in [0.2, 0.25) is 5.91 Å². The van der Waals surface area contributed by atoms with E-state index in [1.807, 2.05) is 26.0 Å². The number of halogens is 1. The van der Waals surface area contributed by atoms with E-state index in [1.165, 1.54) is 23.5 Å². The molecule has 1 aromatic heterocycles. The lowest BCUT2D eigenvalue weighted by molar-refractivity contribution is -0.114. The molecule has 0 bridgehead atoms. The van der Waals surface area contributed by atoms with Crippen LogP contribution in [0.4, 0.5) is 15.1 Å². The van der Waals surface area contributed by atoms with Crippen LogP contribution < -0.4 is 10.6 Å². The molecule has 1 heterocycles. The van der Waals surface area contributed by atoms with E-state index in [2.05, 4.69) is 16.7 Å². The van der Waals surface area contributed by atoms with Gasteiger partial charge in [-0.1, -0.05) is 18.2 Å². The van der Waals surface area contributed by atoms with Gasteiger partial charge in [-0.2, -0.15) is 0 Å². The summed E-state index contributed by atoms with van der Waals surface area (Å²) in [5.41, 5.74) is 4.59. The van der Waals surface area contributed by atoms with Gasteiger partial charge in [-0.25, -0.2) is 9.18 Å². The van der Waals surface area contributed by atoms with Gasteiger partial charge in [0, 0.05) is 16.6 Å². The number of rotatable bonds is 7. The highest BCUT2D eigenvalue weighted by Crippen LogP contribution is 2.36. The molecule has 1 amide bonds. The van der Waals surface area contributed by atoms with Crippen molar-refractivity contribution in [2.45, 2.75) is 20.8 Å². The molecule has 0 aliphatic carbocycles. The number of esters is 1. The second-order valence-electron chi connectivity index (χ2n) is 6.86. The minimum absolute atomic E-state index is 0.0505. The number of aryl methyl sites for hydroxylation is 2. The molecule has 0 saturated carbocycles. The van der Waals surface area contributed by atoms with Gasteiger partial charge in [0.05, 0.1) is 13.2 Å². The molecule has 156 valence electrons. The third-order valence-electron chi connectivity index (χ3n) is 4.35. The van der Waals surface area contributed by atoms with Crippen LogP contribution in [-0.2, 0) is 9.53 Å². The molecule has 0 aliphatic rings. The molecule has 0 fully saturated rings. The van der Waals surface area contributed by atoms with E-state index >= 15 is 0 Å². The van der Waals surface area contributed by atoms with Gasteiger partial charge in [0.25, 0.3) is 0 Å². The Morgan fingerprint density at radius 2 is 1.73 bits per heavy atom. The molecule has 0 saturated heterocycles. The quantitative estimate of drug-likeness (QED) is 0.497. The number of nitrogens with one attached hydrogen (secondary N) is 2. The number of thiophene rings is 1. The van der Waals surface area contributed by atoms with Crippen LogP contribution >= 0.6 is 11.3 Å². The predicted molar refractivity (Wildman–Crippen MR) is 119 cm³/mol. The van der Waals surface area contributed by atoms with E-state index in [-0.39, 0.29) is 30.4 Å². The zero-order chi connectivity index (χ0) is 21.7. The molecule has 2 N–H and O–H groups in total. The highest BCUT2D eigenvalue weighted by molar-refractivity contribution is 7.15. The van der Waals surface area contributed by atoms with Gasteiger partial charge in [-0.3, -0.25) is 4.79 Å². The Labute approximate surface area is 178 Å². The van der Waals surface area contributed by atoms with E-state index in [4.69, 9.17) is 4.74 Å². The zero-order valence-corrected chi connectivity index (χ0v) is 17.9. The largest absolute Gasteiger partial charge is 0.462 e. The third-order valence-corrected chi connectivity index (χ3v) is 5.25. The molecule has 30 heavy (non-hydrogen) atoms. The number of carbonyl (C=O) groups excluding carboxylic acids is 2. The lowest BCUT2D eigenvalue weighted by Gasteiger charge is -2.11. The summed E-state index contributed by atoms with van der Waals surface area (Å²) in [5, 5.41) is 8.05. The van der Waals surface area contributed by atoms with Crippen LogP contribution in [-0.4, -0.2) is 25.0 Å². The van der Waals surface area contributed by atoms with E-state index in [1.54, 1.807) is 24.4 Å². The van der Waals surface area contributed by atoms with Crippen molar-refractivity contribution in [3.63, 3.8) is 0 Å². The first-order chi connectivity index (χ1) is 14.4. The van der Waals surface area contributed by atoms with Crippen molar-refractivity contribution >= 4 is 33.9 Å². The summed E-state index contributed by atoms with van der Waals surface area (Å²) in [6.45, 7) is 5.96. The molecule has 2 aromatic carbocycles. The summed E-state index contributed by atoms with van der Waals surface area (Å²) in [6.07, 6.45) is 0. The molecule has 7 heteroatoms. The average Bonchev–Trinajstić information content (AvgIpc) is 3.10. The monoisotopic (exact) mass is 426 g/mol. The highest BCUT2D eigenvalue weighted by atomic mass is 32.1. The van der Waals surface area contributed by atoms with E-state index in [0.29, 0.717) is 16.1 Å². The van der Waals surface area contributed by atoms with Crippen molar-refractivity contribution in [3.8, 4) is 11.1 Å². The minimum Gasteiger partial charge on any atom is -0.462 e. The van der Waals surface area contributed by atoms with Gasteiger partial charge in [0.1, 0.15) is 16.4 Å². The Morgan fingerprint density at radius 1 is 1.07 bits per heavy atom. The van der Waals surface area contributed by atoms with Crippen molar-refractivity contribution in [3.05, 3.63) is 70.4 Å². The lowest BCUT2D eigenvalue weighted by Crippen LogP contribution is -2.22. The highest BCUT2D eigenvalue weighted by Gasteiger charge is 2.22. The van der Waals surface area contributed by atoms with Crippen LogP contribution in [0.1, 0.15) is 28.4 Å². The number of hydrogen-bond donors (Lipinski definition) is 2. The summed E-state index contributed by atoms with van der Waals surface area (Å²) in [6, 6.07) is 11.8. The molecule has 0 unspecified atom stereocenters. The van der Waals surface area contributed by atoms with Crippen LogP contribution in [0.15, 0.2) is 47.8 Å². The van der Waals surface area contributed by atoms with E-state index < -0.39 is 5.97 Å². The van der Waals surface area contributed by atoms with Gasteiger partial charge >= 0.3 is 5.97 Å². The number of carbonyl (C=O) groups is 2. The average molecular weight is 427 g/mol. The fourth-order valence-corrected chi connectivity index (χ4v) is 4.10. The SMILES string of the molecule is CCOC(=O)c1c(-c2ccc(F)cc2)csc1NC(=O)CNc1cc(C)cc(C)c1. The molecule has 0 radical (unpaired) electrons. The van der Waals surface area contributed by atoms with E-state index in [0.717, 1.165) is 16.8 Å². The fourth-order valence-electron chi connectivity index (χ4n) is 3.13. The second-order valence-corrected chi connectivity index (χ2v) is 7.74. The zero-order valence-electron chi connectivity index (χ0n) is 17.0. The Hall–Kier alpha value is -3.19. The fraction of sp³-hybridized carbons (Fsp3) is 0.217. The third kappa shape index (κ3) is 5.24. The van der Waals surface area contributed by atoms with Crippen molar-refractivity contribution in [2.75, 3.05) is 23.8 Å². The maximum atomic E-state index is 13.3. The molecule has 3 aromatic rings. The Morgan fingerprint density at radius 3 is 2.37 bits per heavy atom. The number of hydrogen-bond acceptors (Lipinski definition) is 5. The van der Waals surface area contributed by atoms with Crippen LogP contribution in [0.2, 0.25) is 0 Å². The number of benzene rings is 2. The topological polar surface area (TPSA) is 67.4 Å². The van der Waals surface area contributed by atoms with Gasteiger partial charge in [-0.05, 0) is 61.7 Å². The predicted octanol–water partition coefficient (Wildman–Crippen LogP) is 5.40. The maximum Gasteiger partial charge on any atom is 0.341 e. The summed E-state index contributed by atoms with van der Waals surface area (Å²) >= 11 is 1.23. The minimum atomic E-state index is -0.532. The van der Waals surface area contributed by atoms with Crippen LogP contribution in [0.25, 0.3) is 11.1 Å². The summed E-state index contributed by atoms with van der Waals surface area (Å²) in [4.78, 5) is 25.1. The van der Waals surface area contributed by atoms with E-state index in [9.17, 15) is 14.0 Å². The smallest absolute Gasteiger partial charge is 0.341 e. The number of amides is 1. The molecule has 0 aliphatic heterocycles. The Bertz CT molecular complexity index is 1040. The molecular weight excluding hydrogens is 403 g/mol. The normalized spacial score (nSPS) is 10.5. The first-order valence-electron chi connectivity index (χ1n) is 9.54. The number of anilines is 2. The summed E-state index contributed by atoms with van der Waals surface area (Å²) < 4.78 is 18.5. The first-order valence-corrected chi connectivity index (χ1v) is 10.4. The molecular formula is C23H23FN2O3S. The molecule has 5 nitrogen and oxygen atoms in total.